The zero-order valence-electron chi connectivity index (χ0n) is 68.4. The van der Waals surface area contributed by atoms with Crippen molar-refractivity contribution in [2.24, 2.45) is 20.4 Å². The van der Waals surface area contributed by atoms with Crippen LogP contribution >= 0.6 is 0 Å². The van der Waals surface area contributed by atoms with Gasteiger partial charge >= 0.3 is 34.2 Å². The van der Waals surface area contributed by atoms with Gasteiger partial charge in [-0.2, -0.15) is 20.4 Å². The first-order valence-corrected chi connectivity index (χ1v) is 51.9. The highest BCUT2D eigenvalue weighted by Gasteiger charge is 2.56. The predicted octanol–water partition coefficient (Wildman–Crippen LogP) is 25.2. The SMILES string of the molecule is C[Si]1(CCCn2cc(/C=N/N(c3ccccc3)c3ccccc3)c3ccccc32)O[Si](C)(CCCn2cc(/C=N/N(c3ccccc3)c3ccccc3)c3ccccc32)O[Si](C)(CCCn2cc(/C=N/N(c3ccccc3)c3ccccc3)c3ccccc32)O[Si](C)(CCCn2cc(/C=N/N(c3ccccc3)c3ccccc3)c3ccccc32)O1. The third-order valence-corrected chi connectivity index (χ3v) is 41.2. The molecule has 5 heterocycles. The molecule has 0 unspecified atom stereocenters. The monoisotopic (exact) mass is 1640 g/mol. The number of benzene rings is 12. The molecule has 20 heteroatoms. The Labute approximate surface area is 707 Å². The molecule has 16 aromatic rings. The molecule has 0 N–H and O–H groups in total. The molecule has 12 aromatic carbocycles. The van der Waals surface area contributed by atoms with Gasteiger partial charge in [-0.05, 0) is 197 Å². The van der Waals surface area contributed by atoms with Crippen molar-refractivity contribution in [3.63, 3.8) is 0 Å². The van der Waals surface area contributed by atoms with Gasteiger partial charge in [0, 0.05) is 117 Å². The molecular weight excluding hydrogens is 1550 g/mol. The summed E-state index contributed by atoms with van der Waals surface area (Å²) >= 11 is 0. The lowest BCUT2D eigenvalue weighted by molar-refractivity contribution is 0.219. The van der Waals surface area contributed by atoms with Crippen molar-refractivity contribution < 1.29 is 16.5 Å². The lowest BCUT2D eigenvalue weighted by Crippen LogP contribution is -2.67. The smallest absolute Gasteiger partial charge is 0.317 e. The largest absolute Gasteiger partial charge is 0.416 e. The van der Waals surface area contributed by atoms with Gasteiger partial charge in [0.2, 0.25) is 0 Å². The Morgan fingerprint density at radius 3 is 0.558 bits per heavy atom. The van der Waals surface area contributed by atoms with Gasteiger partial charge < -0.3 is 34.7 Å². The highest BCUT2D eigenvalue weighted by molar-refractivity contribution is 6.94. The number of hydrazone groups is 4. The maximum atomic E-state index is 8.19. The van der Waals surface area contributed by atoms with E-state index in [1.165, 1.54) is 0 Å². The highest BCUT2D eigenvalue weighted by Crippen LogP contribution is 2.42. The molecule has 600 valence electrons. The maximum absolute atomic E-state index is 8.19. The predicted molar refractivity (Wildman–Crippen MR) is 507 cm³/mol. The molecule has 0 saturated carbocycles. The Morgan fingerprint density at radius 1 is 0.225 bits per heavy atom. The van der Waals surface area contributed by atoms with Gasteiger partial charge in [-0.1, -0.05) is 218 Å². The van der Waals surface area contributed by atoms with Crippen LogP contribution in [0.5, 0.6) is 0 Å². The van der Waals surface area contributed by atoms with Crippen LogP contribution in [0.3, 0.4) is 0 Å². The van der Waals surface area contributed by atoms with Crippen LogP contribution < -0.4 is 20.0 Å². The highest BCUT2D eigenvalue weighted by atomic mass is 28.5. The average Bonchev–Trinajstić information content (AvgIpc) is 1.04. The number of aryl methyl sites for hydroxylation is 4. The van der Waals surface area contributed by atoms with Gasteiger partial charge in [0.15, 0.2) is 0 Å². The molecule has 0 amide bonds. The van der Waals surface area contributed by atoms with Crippen LogP contribution in [0.4, 0.5) is 45.5 Å². The van der Waals surface area contributed by atoms with Crippen LogP contribution in [0, 0.1) is 0 Å². The fourth-order valence-corrected chi connectivity index (χ4v) is 40.3. The Morgan fingerprint density at radius 2 is 0.383 bits per heavy atom. The molecule has 0 radical (unpaired) electrons. The van der Waals surface area contributed by atoms with E-state index in [1.807, 2.05) is 93.4 Å². The summed E-state index contributed by atoms with van der Waals surface area (Å²) in [6.07, 6.45) is 20.3. The molecule has 0 bridgehead atoms. The molecular formula is C100H100N12O4Si4. The van der Waals surface area contributed by atoms with Crippen LogP contribution in [0.25, 0.3) is 43.6 Å². The van der Waals surface area contributed by atoms with E-state index in [0.29, 0.717) is 0 Å². The van der Waals surface area contributed by atoms with Crippen LogP contribution in [0.1, 0.15) is 47.9 Å². The fraction of sp³-hybridized carbons (Fsp3) is 0.160. The van der Waals surface area contributed by atoms with Crippen LogP contribution in [-0.4, -0.2) is 77.4 Å². The molecule has 1 aliphatic heterocycles. The number of rotatable bonds is 32. The van der Waals surface area contributed by atoms with Crippen LogP contribution in [0.15, 0.2) is 385 Å². The lowest BCUT2D eigenvalue weighted by Gasteiger charge is -2.50. The van der Waals surface area contributed by atoms with Gasteiger partial charge in [-0.15, -0.1) is 0 Å². The van der Waals surface area contributed by atoms with E-state index < -0.39 is 34.2 Å². The number of hydrogen-bond donors (Lipinski definition) is 0. The topological polar surface area (TPSA) is 119 Å². The van der Waals surface area contributed by atoms with E-state index in [4.69, 9.17) is 36.9 Å². The van der Waals surface area contributed by atoms with Gasteiger partial charge in [0.05, 0.1) is 70.4 Å². The average molecular weight is 1650 g/mol. The van der Waals surface area contributed by atoms with Crippen molar-refractivity contribution in [3.05, 3.63) is 387 Å². The Hall–Kier alpha value is -12.6. The van der Waals surface area contributed by atoms with Crippen LogP contribution in [-0.2, 0) is 42.6 Å². The summed E-state index contributed by atoms with van der Waals surface area (Å²) in [5.41, 5.74) is 16.6. The summed E-state index contributed by atoms with van der Waals surface area (Å²) in [7, 11) is -13.1. The van der Waals surface area contributed by atoms with E-state index in [1.54, 1.807) is 0 Å². The number of para-hydroxylation sites is 12. The Bertz CT molecular complexity index is 5270. The number of hydrogen-bond acceptors (Lipinski definition) is 12. The third-order valence-electron chi connectivity index (χ3n) is 22.4. The minimum Gasteiger partial charge on any atom is -0.416 e. The van der Waals surface area contributed by atoms with Gasteiger partial charge in [0.1, 0.15) is 0 Å². The van der Waals surface area contributed by atoms with Crippen molar-refractivity contribution in [3.8, 4) is 0 Å². The Balaban J connectivity index is 0.699. The third kappa shape index (κ3) is 18.8. The second kappa shape index (κ2) is 36.7. The summed E-state index contributed by atoms with van der Waals surface area (Å²) < 4.78 is 42.3. The second-order valence-corrected chi connectivity index (χ2v) is 45.8. The van der Waals surface area contributed by atoms with E-state index in [0.717, 1.165) is 187 Å². The molecule has 1 saturated heterocycles. The zero-order chi connectivity index (χ0) is 81.6. The summed E-state index contributed by atoms with van der Waals surface area (Å²) in [4.78, 5) is 0. The number of anilines is 8. The first-order chi connectivity index (χ1) is 58.9. The summed E-state index contributed by atoms with van der Waals surface area (Å²) in [5, 5.41) is 33.4. The molecule has 4 aromatic heterocycles. The molecule has 0 spiro atoms. The van der Waals surface area contributed by atoms with Crippen molar-refractivity contribution in [2.75, 3.05) is 20.0 Å². The van der Waals surface area contributed by atoms with Crippen LogP contribution in [0.2, 0.25) is 50.4 Å². The standard InChI is InChI=1S/C100H100N12O4Si4/c1-117(69-37-65-105-77-81(93-57-29-33-61-97(93)105)73-101-109(85-41-13-5-14-42-85)86-43-15-6-16-44-86)113-118(2,70-38-66-106-78-82(94-58-30-34-62-98(94)106)74-102-110(87-45-17-7-18-46-87)88-47-19-8-20-48-88)115-120(4,72-40-68-108-80-84(96-60-32-36-64-100(96)108)76-104-112(91-53-25-11-26-54-91)92-55-27-12-28-56-92)116-119(3,114-117)71-39-67-107-79-83(95-59-31-35-63-99(95)107)75-103-111(89-49-21-9-22-50-89)90-51-23-10-24-52-90/h5-36,41-64,73-80H,37-40,65-72H2,1-4H3/b101-73+,102-74+,103-75+,104-76+. The van der Waals surface area contributed by atoms with Gasteiger partial charge in [0.25, 0.3) is 0 Å². The quantitative estimate of drug-likeness (QED) is 0.0232. The van der Waals surface area contributed by atoms with Crippen molar-refractivity contribution in [1.82, 2.24) is 18.3 Å². The van der Waals surface area contributed by atoms with Crippen molar-refractivity contribution in [1.29, 1.82) is 0 Å². The molecule has 16 nitrogen and oxygen atoms in total. The lowest BCUT2D eigenvalue weighted by atomic mass is 10.2. The zero-order valence-corrected chi connectivity index (χ0v) is 72.4. The van der Waals surface area contributed by atoms with Crippen molar-refractivity contribution >= 4 is 148 Å². The summed E-state index contributed by atoms with van der Waals surface area (Å²) in [6, 6.07) is 120. The first-order valence-electron chi connectivity index (χ1n) is 41.8. The molecule has 120 heavy (non-hydrogen) atoms. The van der Waals surface area contributed by atoms with E-state index in [-0.39, 0.29) is 0 Å². The first kappa shape index (κ1) is 79.8. The Kier molecular flexibility index (Phi) is 24.4. The number of fused-ring (bicyclic) bond motifs is 4. The summed E-state index contributed by atoms with van der Waals surface area (Å²) in [6.45, 7) is 12.2. The van der Waals surface area contributed by atoms with E-state index in [2.05, 4.69) is 360 Å². The number of aromatic nitrogens is 4. The minimum atomic E-state index is -3.26. The summed E-state index contributed by atoms with van der Waals surface area (Å²) in [5.74, 6) is 0. The fourth-order valence-electron chi connectivity index (χ4n) is 17.0. The maximum Gasteiger partial charge on any atom is 0.317 e. The molecule has 17 rings (SSSR count). The van der Waals surface area contributed by atoms with E-state index in [9.17, 15) is 0 Å². The molecule has 1 aliphatic rings. The second-order valence-electron chi connectivity index (χ2n) is 31.4. The molecule has 1 fully saturated rings. The van der Waals surface area contributed by atoms with Gasteiger partial charge in [-0.25, -0.2) is 20.0 Å². The molecule has 0 aliphatic carbocycles. The minimum absolute atomic E-state index is 0.720. The van der Waals surface area contributed by atoms with Gasteiger partial charge in [-0.3, -0.25) is 0 Å². The van der Waals surface area contributed by atoms with E-state index >= 15 is 0 Å². The normalized spacial score (nSPS) is 17.8. The molecule has 0 atom stereocenters. The van der Waals surface area contributed by atoms with Crippen molar-refractivity contribution in [2.45, 2.75) is 102 Å². The number of nitrogens with zero attached hydrogens (tertiary/aromatic N) is 12.